The first-order valence-corrected chi connectivity index (χ1v) is 10.5. The van der Waals surface area contributed by atoms with Crippen LogP contribution in [-0.2, 0) is 11.3 Å². The first-order valence-electron chi connectivity index (χ1n) is 10.5. The summed E-state index contributed by atoms with van der Waals surface area (Å²) in [7, 11) is 1.92. The molecule has 1 aromatic carbocycles. The van der Waals surface area contributed by atoms with Crippen LogP contribution in [0.1, 0.15) is 43.9 Å². The molecule has 0 saturated carbocycles. The topological polar surface area (TPSA) is 106 Å². The van der Waals surface area contributed by atoms with Crippen LogP contribution in [-0.4, -0.2) is 39.2 Å². The second-order valence-electron chi connectivity index (χ2n) is 7.55. The molecule has 1 aliphatic rings. The van der Waals surface area contributed by atoms with E-state index in [4.69, 9.17) is 9.40 Å². The summed E-state index contributed by atoms with van der Waals surface area (Å²) in [4.78, 5) is 20.6. The fraction of sp³-hybridized carbons (Fsp3) is 0.348. The standard InChI is InChI=1S/C23H26N6O2/c1-3-21(30)26-18-10-8-16(9-11-18)19-13-25-14-20(27-19)23-29-28-22(31-23)17-6-4-15(5-7-17)12-24-2/h4-8,13-14,18,24H,3,9-12H2,1-2H3,(H,26,30). The Labute approximate surface area is 181 Å². The molecule has 31 heavy (non-hydrogen) atoms. The number of amides is 1. The molecule has 160 valence electrons. The van der Waals surface area contributed by atoms with E-state index in [9.17, 15) is 4.79 Å². The molecule has 0 saturated heterocycles. The number of nitrogens with zero attached hydrogens (tertiary/aromatic N) is 4. The van der Waals surface area contributed by atoms with Crippen LogP contribution in [0.25, 0.3) is 28.6 Å². The molecule has 0 aliphatic heterocycles. The summed E-state index contributed by atoms with van der Waals surface area (Å²) < 4.78 is 5.86. The molecule has 0 radical (unpaired) electrons. The number of rotatable bonds is 7. The van der Waals surface area contributed by atoms with Crippen LogP contribution < -0.4 is 10.6 Å². The van der Waals surface area contributed by atoms with Crippen LogP contribution >= 0.6 is 0 Å². The smallest absolute Gasteiger partial charge is 0.268 e. The van der Waals surface area contributed by atoms with Crippen molar-refractivity contribution in [2.75, 3.05) is 7.05 Å². The highest BCUT2D eigenvalue weighted by Crippen LogP contribution is 2.28. The van der Waals surface area contributed by atoms with E-state index in [1.807, 2.05) is 38.2 Å². The Bertz CT molecular complexity index is 1070. The van der Waals surface area contributed by atoms with E-state index in [1.54, 1.807) is 12.4 Å². The van der Waals surface area contributed by atoms with Gasteiger partial charge in [-0.25, -0.2) is 4.98 Å². The minimum atomic E-state index is 0.0903. The summed E-state index contributed by atoms with van der Waals surface area (Å²) >= 11 is 0. The van der Waals surface area contributed by atoms with Gasteiger partial charge in [-0.05, 0) is 49.6 Å². The number of carbonyl (C=O) groups is 1. The minimum absolute atomic E-state index is 0.0903. The zero-order valence-electron chi connectivity index (χ0n) is 17.8. The lowest BCUT2D eigenvalue weighted by atomic mass is 9.93. The maximum atomic E-state index is 11.6. The van der Waals surface area contributed by atoms with Crippen molar-refractivity contribution in [1.82, 2.24) is 30.8 Å². The van der Waals surface area contributed by atoms with Crippen LogP contribution in [0.3, 0.4) is 0 Å². The average Bonchev–Trinajstić information content (AvgIpc) is 3.31. The van der Waals surface area contributed by atoms with Gasteiger partial charge in [0.2, 0.25) is 11.8 Å². The molecule has 0 spiro atoms. The number of allylic oxidation sites excluding steroid dienone is 1. The first-order chi connectivity index (χ1) is 15.2. The number of hydrogen-bond donors (Lipinski definition) is 2. The Hall–Kier alpha value is -3.39. The third-order valence-electron chi connectivity index (χ3n) is 5.29. The number of nitrogens with one attached hydrogen (secondary N) is 2. The largest absolute Gasteiger partial charge is 0.415 e. The van der Waals surface area contributed by atoms with Crippen molar-refractivity contribution in [3.8, 4) is 23.0 Å². The van der Waals surface area contributed by atoms with Crippen LogP contribution in [0.2, 0.25) is 0 Å². The molecule has 4 rings (SSSR count). The van der Waals surface area contributed by atoms with Crippen molar-refractivity contribution < 1.29 is 9.21 Å². The molecule has 2 aromatic heterocycles. The molecule has 2 heterocycles. The van der Waals surface area contributed by atoms with E-state index in [0.717, 1.165) is 42.6 Å². The molecular weight excluding hydrogens is 392 g/mol. The Balaban J connectivity index is 1.48. The van der Waals surface area contributed by atoms with Crippen LogP contribution in [0.4, 0.5) is 0 Å². The predicted octanol–water partition coefficient (Wildman–Crippen LogP) is 3.38. The van der Waals surface area contributed by atoms with Gasteiger partial charge in [-0.3, -0.25) is 9.78 Å². The molecular formula is C23H26N6O2. The molecule has 2 N–H and O–H groups in total. The monoisotopic (exact) mass is 418 g/mol. The third kappa shape index (κ3) is 5.03. The van der Waals surface area contributed by atoms with E-state index in [-0.39, 0.29) is 11.9 Å². The Morgan fingerprint density at radius 2 is 1.90 bits per heavy atom. The van der Waals surface area contributed by atoms with Gasteiger partial charge in [-0.2, -0.15) is 0 Å². The van der Waals surface area contributed by atoms with Gasteiger partial charge in [-0.15, -0.1) is 10.2 Å². The number of carbonyl (C=O) groups excluding carboxylic acids is 1. The number of aromatic nitrogens is 4. The molecule has 1 unspecified atom stereocenters. The lowest BCUT2D eigenvalue weighted by molar-refractivity contribution is -0.121. The molecule has 1 atom stereocenters. The van der Waals surface area contributed by atoms with Gasteiger partial charge in [-0.1, -0.05) is 25.1 Å². The summed E-state index contributed by atoms with van der Waals surface area (Å²) in [6.07, 6.45) is 8.53. The lowest BCUT2D eigenvalue weighted by Crippen LogP contribution is -2.35. The number of hydrogen-bond acceptors (Lipinski definition) is 7. The quantitative estimate of drug-likeness (QED) is 0.606. The SMILES string of the molecule is CCC(=O)NC1CC=C(c2cncc(-c3nnc(-c4ccc(CNC)cc4)o3)n2)CC1. The van der Waals surface area contributed by atoms with Gasteiger partial charge < -0.3 is 15.1 Å². The molecule has 3 aromatic rings. The van der Waals surface area contributed by atoms with E-state index in [2.05, 4.69) is 31.9 Å². The minimum Gasteiger partial charge on any atom is -0.415 e. The Kier molecular flexibility index (Phi) is 6.47. The summed E-state index contributed by atoms with van der Waals surface area (Å²) in [6.45, 7) is 2.67. The molecule has 0 bridgehead atoms. The summed E-state index contributed by atoms with van der Waals surface area (Å²) in [5, 5.41) is 14.5. The molecule has 8 nitrogen and oxygen atoms in total. The highest BCUT2D eigenvalue weighted by molar-refractivity contribution is 5.76. The van der Waals surface area contributed by atoms with Crippen LogP contribution in [0, 0.1) is 0 Å². The summed E-state index contributed by atoms with van der Waals surface area (Å²) in [6, 6.07) is 8.17. The second-order valence-corrected chi connectivity index (χ2v) is 7.55. The van der Waals surface area contributed by atoms with Gasteiger partial charge in [0.25, 0.3) is 5.89 Å². The van der Waals surface area contributed by atoms with Crippen LogP contribution in [0.5, 0.6) is 0 Å². The van der Waals surface area contributed by atoms with Gasteiger partial charge in [0.15, 0.2) is 0 Å². The highest BCUT2D eigenvalue weighted by Gasteiger charge is 2.19. The normalized spacial score (nSPS) is 16.1. The van der Waals surface area contributed by atoms with Crippen molar-refractivity contribution in [2.45, 2.75) is 45.2 Å². The lowest BCUT2D eigenvalue weighted by Gasteiger charge is -2.22. The summed E-state index contributed by atoms with van der Waals surface area (Å²) in [5.74, 6) is 0.880. The van der Waals surface area contributed by atoms with Crippen LogP contribution in [0.15, 0.2) is 47.2 Å². The molecule has 0 fully saturated rings. The van der Waals surface area contributed by atoms with E-state index < -0.39 is 0 Å². The van der Waals surface area contributed by atoms with E-state index in [1.165, 1.54) is 5.56 Å². The van der Waals surface area contributed by atoms with Crippen molar-refractivity contribution in [3.05, 3.63) is 54.0 Å². The Morgan fingerprint density at radius 3 is 2.61 bits per heavy atom. The molecule has 1 aliphatic carbocycles. The fourth-order valence-electron chi connectivity index (χ4n) is 3.56. The highest BCUT2D eigenvalue weighted by atomic mass is 16.4. The van der Waals surface area contributed by atoms with Gasteiger partial charge in [0.1, 0.15) is 5.69 Å². The van der Waals surface area contributed by atoms with Crippen molar-refractivity contribution in [1.29, 1.82) is 0 Å². The van der Waals surface area contributed by atoms with E-state index in [0.29, 0.717) is 23.9 Å². The fourth-order valence-corrected chi connectivity index (χ4v) is 3.56. The average molecular weight is 419 g/mol. The zero-order chi connectivity index (χ0) is 21.6. The van der Waals surface area contributed by atoms with Crippen molar-refractivity contribution in [2.24, 2.45) is 0 Å². The third-order valence-corrected chi connectivity index (χ3v) is 5.29. The number of benzene rings is 1. The Morgan fingerprint density at radius 1 is 1.13 bits per heavy atom. The maximum Gasteiger partial charge on any atom is 0.268 e. The van der Waals surface area contributed by atoms with Crippen molar-refractivity contribution >= 4 is 11.5 Å². The predicted molar refractivity (Wildman–Crippen MR) is 118 cm³/mol. The van der Waals surface area contributed by atoms with Gasteiger partial charge in [0, 0.05) is 24.6 Å². The van der Waals surface area contributed by atoms with Gasteiger partial charge in [0.05, 0.1) is 18.1 Å². The van der Waals surface area contributed by atoms with Gasteiger partial charge >= 0.3 is 0 Å². The molecule has 1 amide bonds. The first kappa shape index (κ1) is 20.9. The maximum absolute atomic E-state index is 11.6. The second kappa shape index (κ2) is 9.61. The zero-order valence-corrected chi connectivity index (χ0v) is 17.8. The van der Waals surface area contributed by atoms with Crippen molar-refractivity contribution in [3.63, 3.8) is 0 Å². The molecule has 8 heteroatoms. The summed E-state index contributed by atoms with van der Waals surface area (Å²) in [5.41, 5.74) is 4.51. The van der Waals surface area contributed by atoms with E-state index >= 15 is 0 Å².